The van der Waals surface area contributed by atoms with Gasteiger partial charge in [-0.2, -0.15) is 0 Å². The number of nitrogens with zero attached hydrogens (tertiary/aromatic N) is 1. The van der Waals surface area contributed by atoms with Gasteiger partial charge in [0, 0.05) is 24.0 Å². The van der Waals surface area contributed by atoms with Crippen LogP contribution in [0.25, 0.3) is 0 Å². The van der Waals surface area contributed by atoms with Gasteiger partial charge < -0.3 is 11.1 Å². The number of nitrogens with one attached hydrogen (secondary N) is 1. The Labute approximate surface area is 101 Å². The predicted octanol–water partition coefficient (Wildman–Crippen LogP) is 2.14. The normalized spacial score (nSPS) is 30.5. The molecule has 2 atom stereocenters. The first-order valence-electron chi connectivity index (χ1n) is 6.05. The topological polar surface area (TPSA) is 50.9 Å². The van der Waals surface area contributed by atoms with Crippen LogP contribution >= 0.6 is 11.3 Å². The van der Waals surface area contributed by atoms with Gasteiger partial charge in [0.1, 0.15) is 0 Å². The van der Waals surface area contributed by atoms with Gasteiger partial charge in [-0.25, -0.2) is 4.98 Å². The van der Waals surface area contributed by atoms with E-state index in [0.717, 1.165) is 37.5 Å². The van der Waals surface area contributed by atoms with Crippen LogP contribution in [0.3, 0.4) is 0 Å². The third kappa shape index (κ3) is 3.27. The molecule has 0 saturated heterocycles. The summed E-state index contributed by atoms with van der Waals surface area (Å²) < 4.78 is 0. The van der Waals surface area contributed by atoms with Crippen LogP contribution in [-0.4, -0.2) is 17.1 Å². The molecule has 1 aromatic rings. The fourth-order valence-electron chi connectivity index (χ4n) is 2.63. The van der Waals surface area contributed by atoms with Crippen LogP contribution in [-0.2, 0) is 6.54 Å². The molecule has 0 radical (unpaired) electrons. The SMILES string of the molecule is CC1CCCC(N)(CNCc2cscn2)C1. The summed E-state index contributed by atoms with van der Waals surface area (Å²) in [6.07, 6.45) is 4.92. The molecule has 1 aliphatic carbocycles. The van der Waals surface area contributed by atoms with E-state index >= 15 is 0 Å². The molecule has 0 bridgehead atoms. The molecule has 0 aromatic carbocycles. The number of aromatic nitrogens is 1. The maximum absolute atomic E-state index is 6.41. The Balaban J connectivity index is 1.76. The molecule has 1 aromatic heterocycles. The summed E-state index contributed by atoms with van der Waals surface area (Å²) in [6.45, 7) is 4.06. The van der Waals surface area contributed by atoms with Gasteiger partial charge in [-0.05, 0) is 18.8 Å². The van der Waals surface area contributed by atoms with E-state index in [-0.39, 0.29) is 5.54 Å². The summed E-state index contributed by atoms with van der Waals surface area (Å²) in [7, 11) is 0. The van der Waals surface area contributed by atoms with E-state index in [1.54, 1.807) is 11.3 Å². The van der Waals surface area contributed by atoms with Crippen molar-refractivity contribution in [2.75, 3.05) is 6.54 Å². The van der Waals surface area contributed by atoms with Crippen molar-refractivity contribution in [3.8, 4) is 0 Å². The highest BCUT2D eigenvalue weighted by Crippen LogP contribution is 2.29. The zero-order valence-electron chi connectivity index (χ0n) is 9.91. The monoisotopic (exact) mass is 239 g/mol. The third-order valence-corrected chi connectivity index (χ3v) is 4.03. The van der Waals surface area contributed by atoms with Crippen molar-refractivity contribution in [1.82, 2.24) is 10.3 Å². The average molecular weight is 239 g/mol. The molecular formula is C12H21N3S. The summed E-state index contributed by atoms with van der Waals surface area (Å²) in [5, 5.41) is 5.52. The highest BCUT2D eigenvalue weighted by Gasteiger charge is 2.30. The van der Waals surface area contributed by atoms with Crippen molar-refractivity contribution in [3.05, 3.63) is 16.6 Å². The van der Waals surface area contributed by atoms with Crippen LogP contribution in [0.5, 0.6) is 0 Å². The van der Waals surface area contributed by atoms with Gasteiger partial charge in [0.15, 0.2) is 0 Å². The van der Waals surface area contributed by atoms with Crippen LogP contribution in [0.2, 0.25) is 0 Å². The van der Waals surface area contributed by atoms with E-state index in [1.807, 2.05) is 5.51 Å². The Morgan fingerprint density at radius 1 is 1.69 bits per heavy atom. The van der Waals surface area contributed by atoms with Crippen molar-refractivity contribution in [2.45, 2.75) is 44.7 Å². The Kier molecular flexibility index (Phi) is 3.95. The lowest BCUT2D eigenvalue weighted by Crippen LogP contribution is -2.51. The fraction of sp³-hybridized carbons (Fsp3) is 0.750. The molecule has 16 heavy (non-hydrogen) atoms. The Hall–Kier alpha value is -0.450. The highest BCUT2D eigenvalue weighted by atomic mass is 32.1. The number of rotatable bonds is 4. The van der Waals surface area contributed by atoms with Crippen LogP contribution in [0.15, 0.2) is 10.9 Å². The molecule has 3 nitrogen and oxygen atoms in total. The van der Waals surface area contributed by atoms with E-state index in [0.29, 0.717) is 0 Å². The molecule has 0 spiro atoms. The Morgan fingerprint density at radius 3 is 3.25 bits per heavy atom. The molecule has 1 aliphatic rings. The van der Waals surface area contributed by atoms with E-state index in [1.165, 1.54) is 12.8 Å². The van der Waals surface area contributed by atoms with Crippen LogP contribution in [0.4, 0.5) is 0 Å². The van der Waals surface area contributed by atoms with Gasteiger partial charge in [-0.1, -0.05) is 19.8 Å². The zero-order valence-corrected chi connectivity index (χ0v) is 10.7. The second-order valence-electron chi connectivity index (χ2n) is 5.15. The molecule has 3 N–H and O–H groups in total. The molecule has 1 saturated carbocycles. The fourth-order valence-corrected chi connectivity index (χ4v) is 3.18. The zero-order chi connectivity index (χ0) is 11.4. The number of hydrogen-bond donors (Lipinski definition) is 2. The molecule has 0 aliphatic heterocycles. The number of thiazole rings is 1. The molecule has 1 heterocycles. The molecule has 90 valence electrons. The van der Waals surface area contributed by atoms with Gasteiger partial charge in [0.2, 0.25) is 0 Å². The minimum absolute atomic E-state index is 0.00763. The molecule has 2 unspecified atom stereocenters. The number of hydrogen-bond acceptors (Lipinski definition) is 4. The lowest BCUT2D eigenvalue weighted by Gasteiger charge is -2.37. The van der Waals surface area contributed by atoms with Crippen LogP contribution in [0.1, 0.15) is 38.3 Å². The van der Waals surface area contributed by atoms with Gasteiger partial charge in [0.05, 0.1) is 11.2 Å². The van der Waals surface area contributed by atoms with Gasteiger partial charge in [0.25, 0.3) is 0 Å². The molecule has 0 amide bonds. The van der Waals surface area contributed by atoms with Gasteiger partial charge in [-0.3, -0.25) is 0 Å². The molecule has 2 rings (SSSR count). The van der Waals surface area contributed by atoms with Crippen molar-refractivity contribution >= 4 is 11.3 Å². The average Bonchev–Trinajstić information content (AvgIpc) is 2.69. The standard InChI is InChI=1S/C12H21N3S/c1-10-3-2-4-12(13,5-10)8-14-6-11-7-16-9-15-11/h7,9-10,14H,2-6,8,13H2,1H3. The van der Waals surface area contributed by atoms with E-state index in [9.17, 15) is 0 Å². The summed E-state index contributed by atoms with van der Waals surface area (Å²) >= 11 is 1.64. The van der Waals surface area contributed by atoms with Crippen molar-refractivity contribution in [1.29, 1.82) is 0 Å². The summed E-state index contributed by atoms with van der Waals surface area (Å²) in [5.74, 6) is 0.778. The predicted molar refractivity (Wildman–Crippen MR) is 68.4 cm³/mol. The summed E-state index contributed by atoms with van der Waals surface area (Å²) in [4.78, 5) is 4.25. The number of nitrogens with two attached hydrogens (primary N) is 1. The van der Waals surface area contributed by atoms with Crippen LogP contribution in [0, 0.1) is 5.92 Å². The van der Waals surface area contributed by atoms with Crippen LogP contribution < -0.4 is 11.1 Å². The van der Waals surface area contributed by atoms with Gasteiger partial charge in [-0.15, -0.1) is 11.3 Å². The minimum atomic E-state index is 0.00763. The Morgan fingerprint density at radius 2 is 2.56 bits per heavy atom. The summed E-state index contributed by atoms with van der Waals surface area (Å²) in [6, 6.07) is 0. The van der Waals surface area contributed by atoms with E-state index < -0.39 is 0 Å². The van der Waals surface area contributed by atoms with Crippen molar-refractivity contribution in [2.24, 2.45) is 11.7 Å². The van der Waals surface area contributed by atoms with E-state index in [4.69, 9.17) is 5.73 Å². The first-order chi connectivity index (χ1) is 7.68. The minimum Gasteiger partial charge on any atom is -0.324 e. The van der Waals surface area contributed by atoms with Crippen molar-refractivity contribution < 1.29 is 0 Å². The first-order valence-corrected chi connectivity index (χ1v) is 6.99. The second kappa shape index (κ2) is 5.25. The maximum atomic E-state index is 6.41. The van der Waals surface area contributed by atoms with E-state index in [2.05, 4.69) is 22.6 Å². The molecule has 1 fully saturated rings. The second-order valence-corrected chi connectivity index (χ2v) is 5.87. The smallest absolute Gasteiger partial charge is 0.0795 e. The van der Waals surface area contributed by atoms with Gasteiger partial charge >= 0.3 is 0 Å². The first kappa shape index (κ1) is 12.0. The maximum Gasteiger partial charge on any atom is 0.0795 e. The Bertz CT molecular complexity index is 312. The quantitative estimate of drug-likeness (QED) is 0.846. The summed E-state index contributed by atoms with van der Waals surface area (Å²) in [5.41, 5.74) is 9.41. The lowest BCUT2D eigenvalue weighted by atomic mass is 9.77. The van der Waals surface area contributed by atoms with Crippen molar-refractivity contribution in [3.63, 3.8) is 0 Å². The molecule has 4 heteroatoms. The third-order valence-electron chi connectivity index (χ3n) is 3.39. The lowest BCUT2D eigenvalue weighted by molar-refractivity contribution is 0.229. The largest absolute Gasteiger partial charge is 0.324 e. The molecular weight excluding hydrogens is 218 g/mol. The highest BCUT2D eigenvalue weighted by molar-refractivity contribution is 7.07.